The summed E-state index contributed by atoms with van der Waals surface area (Å²) in [6, 6.07) is 7.77. The number of rotatable bonds is 4. The van der Waals surface area contributed by atoms with Gasteiger partial charge in [-0.25, -0.2) is 9.97 Å². The summed E-state index contributed by atoms with van der Waals surface area (Å²) < 4.78 is 9.36. The monoisotopic (exact) mass is 377 g/mol. The Morgan fingerprint density at radius 2 is 2.11 bits per heavy atom. The van der Waals surface area contributed by atoms with E-state index in [4.69, 9.17) is 4.74 Å². The van der Waals surface area contributed by atoms with Gasteiger partial charge in [0.15, 0.2) is 17.1 Å². The smallest absolute Gasteiger partial charge is 0.253 e. The first kappa shape index (κ1) is 16.8. The maximum absolute atomic E-state index is 12.6. The number of hydrogen-bond donors (Lipinski definition) is 1. The number of fused-ring (bicyclic) bond motifs is 2. The molecule has 4 aromatic heterocycles. The maximum atomic E-state index is 12.6. The summed E-state index contributed by atoms with van der Waals surface area (Å²) in [5.74, 6) is 0.449. The van der Waals surface area contributed by atoms with E-state index in [0.29, 0.717) is 22.9 Å². The molecule has 0 bridgehead atoms. The molecule has 5 heterocycles. The van der Waals surface area contributed by atoms with Crippen LogP contribution in [0.3, 0.4) is 0 Å². The average Bonchev–Trinajstić information content (AvgIpc) is 3.36. The highest BCUT2D eigenvalue weighted by Crippen LogP contribution is 2.24. The number of aromatic nitrogens is 6. The molecule has 0 radical (unpaired) electrons. The van der Waals surface area contributed by atoms with E-state index in [0.717, 1.165) is 37.3 Å². The number of pyridine rings is 2. The van der Waals surface area contributed by atoms with Gasteiger partial charge in [0.05, 0.1) is 18.4 Å². The highest BCUT2D eigenvalue weighted by molar-refractivity contribution is 5.96. The molecule has 4 aromatic rings. The second kappa shape index (κ2) is 7.01. The molecule has 0 unspecified atom stereocenters. The number of amides is 1. The fraction of sp³-hybridized carbons (Fsp3) is 0.316. The molecule has 1 N–H and O–H groups in total. The van der Waals surface area contributed by atoms with Gasteiger partial charge in [-0.1, -0.05) is 6.07 Å². The first-order valence-electron chi connectivity index (χ1n) is 9.27. The lowest BCUT2D eigenvalue weighted by Gasteiger charge is -2.23. The molecule has 0 aliphatic carbocycles. The van der Waals surface area contributed by atoms with Crippen LogP contribution >= 0.6 is 0 Å². The van der Waals surface area contributed by atoms with Crippen LogP contribution in [0.5, 0.6) is 0 Å². The predicted molar refractivity (Wildman–Crippen MR) is 101 cm³/mol. The van der Waals surface area contributed by atoms with Crippen molar-refractivity contribution in [1.82, 2.24) is 34.4 Å². The molecule has 142 valence electrons. The van der Waals surface area contributed by atoms with Crippen molar-refractivity contribution >= 4 is 22.7 Å². The minimum atomic E-state index is -0.220. The standard InChI is InChI=1S/C19H19N7O2/c27-19(21-11-17-24-23-16-3-1-2-6-25(16)17)13-9-15-18(20-10-13)26(12-22-15)14-4-7-28-8-5-14/h1-3,6,9-10,12,14H,4-5,7-8,11H2,(H,21,27). The Balaban J connectivity index is 1.33. The molecule has 1 amide bonds. The van der Waals surface area contributed by atoms with Crippen LogP contribution in [-0.4, -0.2) is 48.3 Å². The molecular formula is C19H19N7O2. The molecule has 0 saturated carbocycles. The van der Waals surface area contributed by atoms with E-state index in [1.165, 1.54) is 0 Å². The summed E-state index contributed by atoms with van der Waals surface area (Å²) in [7, 11) is 0. The molecule has 9 heteroatoms. The number of carbonyl (C=O) groups excluding carboxylic acids is 1. The summed E-state index contributed by atoms with van der Waals surface area (Å²) in [6.45, 7) is 1.78. The second-order valence-corrected chi connectivity index (χ2v) is 6.79. The van der Waals surface area contributed by atoms with E-state index in [1.807, 2.05) is 28.8 Å². The largest absolute Gasteiger partial charge is 0.381 e. The third kappa shape index (κ3) is 2.99. The quantitative estimate of drug-likeness (QED) is 0.582. The van der Waals surface area contributed by atoms with Gasteiger partial charge in [-0.15, -0.1) is 10.2 Å². The molecule has 28 heavy (non-hydrogen) atoms. The summed E-state index contributed by atoms with van der Waals surface area (Å²) in [4.78, 5) is 21.5. The van der Waals surface area contributed by atoms with E-state index >= 15 is 0 Å². The number of ether oxygens (including phenoxy) is 1. The van der Waals surface area contributed by atoms with Gasteiger partial charge < -0.3 is 14.6 Å². The maximum Gasteiger partial charge on any atom is 0.253 e. The zero-order chi connectivity index (χ0) is 18.9. The van der Waals surface area contributed by atoms with Gasteiger partial charge >= 0.3 is 0 Å². The average molecular weight is 377 g/mol. The van der Waals surface area contributed by atoms with Crippen molar-refractivity contribution < 1.29 is 9.53 Å². The van der Waals surface area contributed by atoms with Crippen LogP contribution in [0.4, 0.5) is 0 Å². The zero-order valence-corrected chi connectivity index (χ0v) is 15.2. The number of imidazole rings is 1. The van der Waals surface area contributed by atoms with Gasteiger partial charge in [-0.3, -0.25) is 9.20 Å². The van der Waals surface area contributed by atoms with Crippen LogP contribution < -0.4 is 5.32 Å². The van der Waals surface area contributed by atoms with E-state index in [9.17, 15) is 4.79 Å². The minimum Gasteiger partial charge on any atom is -0.381 e. The summed E-state index contributed by atoms with van der Waals surface area (Å²) in [5, 5.41) is 11.1. The van der Waals surface area contributed by atoms with Crippen molar-refractivity contribution in [3.63, 3.8) is 0 Å². The van der Waals surface area contributed by atoms with Gasteiger partial charge in [0.2, 0.25) is 0 Å². The second-order valence-electron chi connectivity index (χ2n) is 6.79. The molecular weight excluding hydrogens is 358 g/mol. The molecule has 0 spiro atoms. The van der Waals surface area contributed by atoms with Crippen LogP contribution in [0.15, 0.2) is 43.0 Å². The van der Waals surface area contributed by atoms with Gasteiger partial charge in [-0.05, 0) is 31.0 Å². The van der Waals surface area contributed by atoms with Gasteiger partial charge in [0.1, 0.15) is 5.52 Å². The zero-order valence-electron chi connectivity index (χ0n) is 15.2. The van der Waals surface area contributed by atoms with Crippen LogP contribution in [0.25, 0.3) is 16.8 Å². The topological polar surface area (TPSA) is 99.2 Å². The highest BCUT2D eigenvalue weighted by atomic mass is 16.5. The lowest BCUT2D eigenvalue weighted by atomic mass is 10.1. The normalized spacial score (nSPS) is 15.3. The lowest BCUT2D eigenvalue weighted by Crippen LogP contribution is -2.24. The fourth-order valence-electron chi connectivity index (χ4n) is 3.55. The fourth-order valence-corrected chi connectivity index (χ4v) is 3.55. The Labute approximate surface area is 160 Å². The van der Waals surface area contributed by atoms with Gasteiger partial charge in [0, 0.05) is 31.6 Å². The predicted octanol–water partition coefficient (Wildman–Crippen LogP) is 1.76. The Morgan fingerprint density at radius 3 is 3.00 bits per heavy atom. The molecule has 1 aliphatic heterocycles. The molecule has 0 aromatic carbocycles. The Kier molecular flexibility index (Phi) is 4.21. The van der Waals surface area contributed by atoms with Crippen molar-refractivity contribution in [2.45, 2.75) is 25.4 Å². The Morgan fingerprint density at radius 1 is 1.21 bits per heavy atom. The van der Waals surface area contributed by atoms with E-state index in [2.05, 4.69) is 30.0 Å². The van der Waals surface area contributed by atoms with Crippen molar-refractivity contribution in [2.75, 3.05) is 13.2 Å². The number of nitrogens with zero attached hydrogens (tertiary/aromatic N) is 6. The SMILES string of the molecule is O=C(NCc1nnc2ccccn12)c1cnc2c(c1)ncn2C1CCOCC1. The number of hydrogen-bond acceptors (Lipinski definition) is 6. The minimum absolute atomic E-state index is 0.220. The van der Waals surface area contributed by atoms with E-state index < -0.39 is 0 Å². The molecule has 1 fully saturated rings. The summed E-state index contributed by atoms with van der Waals surface area (Å²) in [6.07, 6.45) is 7.16. The molecule has 5 rings (SSSR count). The third-order valence-corrected chi connectivity index (χ3v) is 5.05. The molecule has 1 aliphatic rings. The summed E-state index contributed by atoms with van der Waals surface area (Å²) >= 11 is 0. The summed E-state index contributed by atoms with van der Waals surface area (Å²) in [5.41, 5.74) is 2.73. The van der Waals surface area contributed by atoms with Gasteiger partial charge in [-0.2, -0.15) is 0 Å². The molecule has 1 saturated heterocycles. The van der Waals surface area contributed by atoms with Crippen molar-refractivity contribution in [1.29, 1.82) is 0 Å². The van der Waals surface area contributed by atoms with Crippen LogP contribution in [0.1, 0.15) is 35.1 Å². The van der Waals surface area contributed by atoms with Crippen LogP contribution in [0.2, 0.25) is 0 Å². The number of carbonyl (C=O) groups is 1. The number of nitrogens with one attached hydrogen (secondary N) is 1. The van der Waals surface area contributed by atoms with E-state index in [-0.39, 0.29) is 12.5 Å². The Bertz CT molecular complexity index is 1140. The molecule has 9 nitrogen and oxygen atoms in total. The Hall–Kier alpha value is -3.33. The van der Waals surface area contributed by atoms with Crippen molar-refractivity contribution in [3.8, 4) is 0 Å². The van der Waals surface area contributed by atoms with Crippen molar-refractivity contribution in [3.05, 3.63) is 54.4 Å². The highest BCUT2D eigenvalue weighted by Gasteiger charge is 2.19. The van der Waals surface area contributed by atoms with Crippen LogP contribution in [0, 0.1) is 0 Å². The first-order chi connectivity index (χ1) is 13.8. The first-order valence-corrected chi connectivity index (χ1v) is 9.27. The van der Waals surface area contributed by atoms with Crippen LogP contribution in [-0.2, 0) is 11.3 Å². The van der Waals surface area contributed by atoms with Crippen molar-refractivity contribution in [2.24, 2.45) is 0 Å². The van der Waals surface area contributed by atoms with E-state index in [1.54, 1.807) is 18.6 Å². The lowest BCUT2D eigenvalue weighted by molar-refractivity contribution is 0.0704. The van der Waals surface area contributed by atoms with Gasteiger partial charge in [0.25, 0.3) is 5.91 Å². The molecule has 0 atom stereocenters. The third-order valence-electron chi connectivity index (χ3n) is 5.05.